The van der Waals surface area contributed by atoms with Gasteiger partial charge in [0.05, 0.1) is 4.90 Å². The van der Waals surface area contributed by atoms with Crippen molar-refractivity contribution in [1.29, 1.82) is 0 Å². The third kappa shape index (κ3) is 3.65. The van der Waals surface area contributed by atoms with Crippen LogP contribution in [-0.2, 0) is 26.8 Å². The summed E-state index contributed by atoms with van der Waals surface area (Å²) in [5.41, 5.74) is 0.899. The number of nitrogens with zero attached hydrogens (tertiary/aromatic N) is 1. The number of rotatable bonds is 5. The minimum absolute atomic E-state index is 0.0589. The van der Waals surface area contributed by atoms with Gasteiger partial charge in [0.2, 0.25) is 15.9 Å². The predicted molar refractivity (Wildman–Crippen MR) is 99.4 cm³/mol. The van der Waals surface area contributed by atoms with E-state index in [1.165, 1.54) is 13.0 Å². The number of sulfonamides is 1. The molecule has 1 atom stereocenters. The molecule has 0 radical (unpaired) electrons. The summed E-state index contributed by atoms with van der Waals surface area (Å²) in [5.74, 6) is -0.0589. The zero-order chi connectivity index (χ0) is 18.9. The average Bonchev–Trinajstić information content (AvgIpc) is 3.04. The Labute approximate surface area is 153 Å². The summed E-state index contributed by atoms with van der Waals surface area (Å²) in [5, 5.41) is 10.6. The summed E-state index contributed by atoms with van der Waals surface area (Å²) < 4.78 is 27.7. The molecule has 0 fully saturated rings. The van der Waals surface area contributed by atoms with Crippen molar-refractivity contribution < 1.29 is 18.3 Å². The SMILES string of the molecule is CC(=O)N1CCc2cc(S(=O)(=O)NCC(C)(O)c3ccccc3)ccc21. The maximum absolute atomic E-state index is 12.6. The number of nitrogens with one attached hydrogen (secondary N) is 1. The topological polar surface area (TPSA) is 86.7 Å². The van der Waals surface area contributed by atoms with Crippen LogP contribution in [0.15, 0.2) is 53.4 Å². The van der Waals surface area contributed by atoms with E-state index in [9.17, 15) is 18.3 Å². The lowest BCUT2D eigenvalue weighted by molar-refractivity contribution is -0.116. The quantitative estimate of drug-likeness (QED) is 0.835. The number of carbonyl (C=O) groups is 1. The van der Waals surface area contributed by atoms with Gasteiger partial charge >= 0.3 is 0 Å². The Bertz CT molecular complexity index is 924. The highest BCUT2D eigenvalue weighted by Gasteiger charge is 2.28. The maximum Gasteiger partial charge on any atom is 0.240 e. The van der Waals surface area contributed by atoms with E-state index in [4.69, 9.17) is 0 Å². The van der Waals surface area contributed by atoms with Crippen molar-refractivity contribution >= 4 is 21.6 Å². The van der Waals surface area contributed by atoms with Crippen LogP contribution in [0.3, 0.4) is 0 Å². The van der Waals surface area contributed by atoms with Crippen LogP contribution in [0.25, 0.3) is 0 Å². The summed E-state index contributed by atoms with van der Waals surface area (Å²) in [6, 6.07) is 13.7. The van der Waals surface area contributed by atoms with E-state index in [2.05, 4.69) is 4.72 Å². The molecule has 0 aromatic heterocycles. The van der Waals surface area contributed by atoms with Gasteiger partial charge in [0.25, 0.3) is 0 Å². The second kappa shape index (κ2) is 6.83. The van der Waals surface area contributed by atoms with Crippen LogP contribution < -0.4 is 9.62 Å². The van der Waals surface area contributed by atoms with Gasteiger partial charge in [-0.3, -0.25) is 4.79 Å². The zero-order valence-electron chi connectivity index (χ0n) is 14.8. The number of carbonyl (C=O) groups excluding carboxylic acids is 1. The van der Waals surface area contributed by atoms with Gasteiger partial charge in [-0.2, -0.15) is 0 Å². The first kappa shape index (κ1) is 18.6. The fraction of sp³-hybridized carbons (Fsp3) is 0.316. The summed E-state index contributed by atoms with van der Waals surface area (Å²) in [4.78, 5) is 13.4. The molecule has 2 N–H and O–H groups in total. The largest absolute Gasteiger partial charge is 0.384 e. The van der Waals surface area contributed by atoms with Crippen LogP contribution in [0.1, 0.15) is 25.0 Å². The monoisotopic (exact) mass is 374 g/mol. The first-order chi connectivity index (χ1) is 12.2. The predicted octanol–water partition coefficient (Wildman–Crippen LogP) is 1.78. The van der Waals surface area contributed by atoms with Crippen LogP contribution >= 0.6 is 0 Å². The van der Waals surface area contributed by atoms with Crippen molar-refractivity contribution in [2.45, 2.75) is 30.8 Å². The van der Waals surface area contributed by atoms with Crippen molar-refractivity contribution in [3.8, 4) is 0 Å². The van der Waals surface area contributed by atoms with E-state index in [1.54, 1.807) is 48.2 Å². The molecular formula is C19H22N2O4S. The van der Waals surface area contributed by atoms with Crippen LogP contribution in [0.2, 0.25) is 0 Å². The number of anilines is 1. The van der Waals surface area contributed by atoms with Gasteiger partial charge in [-0.25, -0.2) is 13.1 Å². The van der Waals surface area contributed by atoms with Crippen LogP contribution in [0, 0.1) is 0 Å². The number of aliphatic hydroxyl groups is 1. The van der Waals surface area contributed by atoms with Gasteiger partial charge in [-0.05, 0) is 42.7 Å². The molecule has 3 rings (SSSR count). The normalized spacial score (nSPS) is 16.2. The molecule has 0 spiro atoms. The molecule has 138 valence electrons. The number of hydrogen-bond acceptors (Lipinski definition) is 4. The highest BCUT2D eigenvalue weighted by Crippen LogP contribution is 2.30. The Morgan fingerprint density at radius 3 is 2.58 bits per heavy atom. The lowest BCUT2D eigenvalue weighted by Crippen LogP contribution is -2.38. The van der Waals surface area contributed by atoms with Crippen molar-refractivity contribution in [2.24, 2.45) is 0 Å². The van der Waals surface area contributed by atoms with E-state index < -0.39 is 15.6 Å². The molecule has 1 unspecified atom stereocenters. The van der Waals surface area contributed by atoms with Crippen LogP contribution in [0.4, 0.5) is 5.69 Å². The zero-order valence-corrected chi connectivity index (χ0v) is 15.6. The number of benzene rings is 2. The summed E-state index contributed by atoms with van der Waals surface area (Å²) in [6.07, 6.45) is 0.625. The standard InChI is InChI=1S/C19H22N2O4S/c1-14(22)21-11-10-15-12-17(8-9-18(15)21)26(24,25)20-13-19(2,23)16-6-4-3-5-7-16/h3-9,12,20,23H,10-11,13H2,1-2H3. The van der Waals surface area contributed by atoms with Gasteiger partial charge in [-0.15, -0.1) is 0 Å². The molecule has 6 nitrogen and oxygen atoms in total. The lowest BCUT2D eigenvalue weighted by Gasteiger charge is -2.24. The number of fused-ring (bicyclic) bond motifs is 1. The minimum atomic E-state index is -3.77. The molecule has 0 bridgehead atoms. The summed E-state index contributed by atoms with van der Waals surface area (Å²) >= 11 is 0. The average molecular weight is 374 g/mol. The molecule has 0 aliphatic carbocycles. The fourth-order valence-electron chi connectivity index (χ4n) is 3.09. The molecule has 2 aromatic rings. The van der Waals surface area contributed by atoms with Crippen molar-refractivity contribution in [3.05, 3.63) is 59.7 Å². The Balaban J connectivity index is 1.78. The molecule has 0 saturated carbocycles. The molecule has 2 aromatic carbocycles. The molecular weight excluding hydrogens is 352 g/mol. The Morgan fingerprint density at radius 2 is 1.92 bits per heavy atom. The molecule has 0 saturated heterocycles. The third-order valence-corrected chi connectivity index (χ3v) is 6.04. The highest BCUT2D eigenvalue weighted by atomic mass is 32.2. The van der Waals surface area contributed by atoms with E-state index >= 15 is 0 Å². The number of hydrogen-bond donors (Lipinski definition) is 2. The lowest BCUT2D eigenvalue weighted by atomic mass is 9.97. The Morgan fingerprint density at radius 1 is 1.23 bits per heavy atom. The molecule has 1 aliphatic heterocycles. The van der Waals surface area contributed by atoms with Gasteiger partial charge in [0.15, 0.2) is 0 Å². The smallest absolute Gasteiger partial charge is 0.240 e. The summed E-state index contributed by atoms with van der Waals surface area (Å²) in [6.45, 7) is 3.48. The first-order valence-corrected chi connectivity index (χ1v) is 9.88. The molecule has 1 heterocycles. The molecule has 26 heavy (non-hydrogen) atoms. The van der Waals surface area contributed by atoms with Gasteiger partial charge in [0, 0.05) is 25.7 Å². The summed E-state index contributed by atoms with van der Waals surface area (Å²) in [7, 11) is -3.77. The van der Waals surface area contributed by atoms with Crippen LogP contribution in [0.5, 0.6) is 0 Å². The van der Waals surface area contributed by atoms with E-state index in [1.807, 2.05) is 6.07 Å². The Hall–Kier alpha value is -2.22. The van der Waals surface area contributed by atoms with E-state index in [0.29, 0.717) is 18.5 Å². The Kier molecular flexibility index (Phi) is 4.88. The molecule has 1 aliphatic rings. The van der Waals surface area contributed by atoms with Crippen molar-refractivity contribution in [2.75, 3.05) is 18.0 Å². The first-order valence-electron chi connectivity index (χ1n) is 8.39. The number of amides is 1. The van der Waals surface area contributed by atoms with Gasteiger partial charge < -0.3 is 10.0 Å². The van der Waals surface area contributed by atoms with Crippen molar-refractivity contribution in [3.63, 3.8) is 0 Å². The maximum atomic E-state index is 12.6. The second-order valence-corrected chi connectivity index (χ2v) is 8.44. The van der Waals surface area contributed by atoms with Crippen LogP contribution in [-0.4, -0.2) is 32.5 Å². The van der Waals surface area contributed by atoms with E-state index in [-0.39, 0.29) is 17.3 Å². The fourth-order valence-corrected chi connectivity index (χ4v) is 4.27. The van der Waals surface area contributed by atoms with Crippen molar-refractivity contribution in [1.82, 2.24) is 4.72 Å². The second-order valence-electron chi connectivity index (χ2n) is 6.68. The molecule has 7 heteroatoms. The third-order valence-electron chi connectivity index (χ3n) is 4.64. The molecule has 1 amide bonds. The minimum Gasteiger partial charge on any atom is -0.384 e. The highest BCUT2D eigenvalue weighted by molar-refractivity contribution is 7.89. The van der Waals surface area contributed by atoms with E-state index in [0.717, 1.165) is 11.3 Å². The van der Waals surface area contributed by atoms with Gasteiger partial charge in [0.1, 0.15) is 5.60 Å². The van der Waals surface area contributed by atoms with Gasteiger partial charge in [-0.1, -0.05) is 30.3 Å².